The summed E-state index contributed by atoms with van der Waals surface area (Å²) in [5.41, 5.74) is 0. The third-order valence-electron chi connectivity index (χ3n) is 2.28. The van der Waals surface area contributed by atoms with Crippen molar-refractivity contribution in [1.29, 1.82) is 0 Å². The first-order valence-corrected chi connectivity index (χ1v) is 6.49. The number of aliphatic carboxylic acids is 1. The number of carboxylic acid groups (broad SMARTS) is 1. The molecule has 1 rings (SSSR count). The van der Waals surface area contributed by atoms with Gasteiger partial charge in [0.1, 0.15) is 0 Å². The van der Waals surface area contributed by atoms with E-state index < -0.39 is 21.7 Å². The Morgan fingerprint density at radius 2 is 2.20 bits per heavy atom. The lowest BCUT2D eigenvalue weighted by Gasteiger charge is -2.17. The number of hydrogen-bond acceptors (Lipinski definition) is 3. The maximum atomic E-state index is 11.2. The fourth-order valence-corrected chi connectivity index (χ4v) is 2.42. The second kappa shape index (κ2) is 5.27. The molecular formula is C9H15NO4S. The van der Waals surface area contributed by atoms with Crippen LogP contribution in [0.5, 0.6) is 0 Å². The minimum Gasteiger partial charge on any atom is -0.480 e. The molecule has 0 aliphatic heterocycles. The maximum Gasteiger partial charge on any atom is 0.320 e. The largest absolute Gasteiger partial charge is 0.480 e. The van der Waals surface area contributed by atoms with Gasteiger partial charge in [0.15, 0.2) is 5.75 Å². The second-order valence-electron chi connectivity index (χ2n) is 3.65. The fraction of sp³-hybridized carbons (Fsp3) is 0.667. The smallest absolute Gasteiger partial charge is 0.320 e. The number of allylic oxidation sites excluding steroid dienone is 2. The van der Waals surface area contributed by atoms with Gasteiger partial charge in [-0.15, -0.1) is 0 Å². The Morgan fingerprint density at radius 1 is 1.47 bits per heavy atom. The van der Waals surface area contributed by atoms with Gasteiger partial charge in [0.05, 0.1) is 0 Å². The van der Waals surface area contributed by atoms with Gasteiger partial charge < -0.3 is 5.11 Å². The summed E-state index contributed by atoms with van der Waals surface area (Å²) in [7, 11) is -3.65. The van der Waals surface area contributed by atoms with Crippen LogP contribution < -0.4 is 4.72 Å². The topological polar surface area (TPSA) is 83.5 Å². The number of rotatable bonds is 5. The highest BCUT2D eigenvalue weighted by Crippen LogP contribution is 2.17. The minimum absolute atomic E-state index is 0.290. The van der Waals surface area contributed by atoms with Crippen molar-refractivity contribution in [2.75, 3.05) is 12.3 Å². The molecule has 2 N–H and O–H groups in total. The van der Waals surface area contributed by atoms with E-state index in [-0.39, 0.29) is 0 Å². The molecule has 0 aromatic rings. The van der Waals surface area contributed by atoms with Crippen molar-refractivity contribution in [2.24, 2.45) is 5.92 Å². The molecule has 0 aromatic carbocycles. The Kier molecular flexibility index (Phi) is 4.28. The van der Waals surface area contributed by atoms with E-state index >= 15 is 0 Å². The zero-order chi connectivity index (χ0) is 11.3. The molecule has 86 valence electrons. The molecule has 0 spiro atoms. The molecule has 0 aromatic heterocycles. The first kappa shape index (κ1) is 12.2. The molecule has 0 fully saturated rings. The Balaban J connectivity index is 2.35. The molecule has 0 radical (unpaired) electrons. The van der Waals surface area contributed by atoms with Crippen molar-refractivity contribution < 1.29 is 18.3 Å². The summed E-state index contributed by atoms with van der Waals surface area (Å²) in [6, 6.07) is 0. The third-order valence-corrected chi connectivity index (χ3v) is 3.52. The van der Waals surface area contributed by atoms with Gasteiger partial charge >= 0.3 is 5.97 Å². The fourth-order valence-electron chi connectivity index (χ4n) is 1.50. The van der Waals surface area contributed by atoms with Crippen LogP contribution in [0.1, 0.15) is 19.3 Å². The molecule has 0 saturated heterocycles. The number of sulfonamides is 1. The van der Waals surface area contributed by atoms with E-state index in [0.717, 1.165) is 19.3 Å². The zero-order valence-corrected chi connectivity index (χ0v) is 9.16. The van der Waals surface area contributed by atoms with E-state index in [9.17, 15) is 13.2 Å². The lowest BCUT2D eigenvalue weighted by Crippen LogP contribution is -2.34. The summed E-state index contributed by atoms with van der Waals surface area (Å²) in [5.74, 6) is -1.89. The van der Waals surface area contributed by atoms with Crippen LogP contribution in [0.2, 0.25) is 0 Å². The molecular weight excluding hydrogens is 218 g/mol. The molecule has 0 bridgehead atoms. The molecule has 1 atom stereocenters. The van der Waals surface area contributed by atoms with Gasteiger partial charge in [-0.2, -0.15) is 0 Å². The molecule has 0 amide bonds. The lowest BCUT2D eigenvalue weighted by atomic mass is 9.95. The minimum atomic E-state index is -3.65. The van der Waals surface area contributed by atoms with E-state index in [1.54, 1.807) is 0 Å². The van der Waals surface area contributed by atoms with Crippen LogP contribution in [0.25, 0.3) is 0 Å². The maximum absolute atomic E-state index is 11.2. The van der Waals surface area contributed by atoms with E-state index in [4.69, 9.17) is 5.11 Å². The van der Waals surface area contributed by atoms with Crippen molar-refractivity contribution in [1.82, 2.24) is 4.72 Å². The predicted molar refractivity (Wildman–Crippen MR) is 55.9 cm³/mol. The molecule has 0 saturated carbocycles. The predicted octanol–water partition coefficient (Wildman–Crippen LogP) is 0.347. The highest BCUT2D eigenvalue weighted by atomic mass is 32.2. The first-order valence-electron chi connectivity index (χ1n) is 4.84. The highest BCUT2D eigenvalue weighted by Gasteiger charge is 2.17. The zero-order valence-electron chi connectivity index (χ0n) is 8.35. The summed E-state index contributed by atoms with van der Waals surface area (Å²) in [5, 5.41) is 8.36. The normalized spacial score (nSPS) is 21.5. The van der Waals surface area contributed by atoms with Gasteiger partial charge in [0.25, 0.3) is 0 Å². The van der Waals surface area contributed by atoms with Crippen molar-refractivity contribution in [2.45, 2.75) is 19.3 Å². The van der Waals surface area contributed by atoms with E-state index in [1.165, 1.54) is 0 Å². The standard InChI is InChI=1S/C9H15NO4S/c11-9(12)7-15(13,14)10-6-8-4-2-1-3-5-8/h1-2,8,10H,3-7H2,(H,11,12). The van der Waals surface area contributed by atoms with Crippen LogP contribution in [0, 0.1) is 5.92 Å². The van der Waals surface area contributed by atoms with Crippen molar-refractivity contribution in [3.8, 4) is 0 Å². The van der Waals surface area contributed by atoms with Crippen molar-refractivity contribution in [3.05, 3.63) is 12.2 Å². The average Bonchev–Trinajstić information content (AvgIpc) is 2.15. The van der Waals surface area contributed by atoms with E-state index in [0.29, 0.717) is 12.5 Å². The van der Waals surface area contributed by atoms with Crippen molar-refractivity contribution >= 4 is 16.0 Å². The summed E-state index contributed by atoms with van der Waals surface area (Å²) in [6.45, 7) is 0.333. The van der Waals surface area contributed by atoms with E-state index in [2.05, 4.69) is 10.8 Å². The number of nitrogens with one attached hydrogen (secondary N) is 1. The van der Waals surface area contributed by atoms with Crippen LogP contribution in [-0.2, 0) is 14.8 Å². The van der Waals surface area contributed by atoms with Crippen molar-refractivity contribution in [3.63, 3.8) is 0 Å². The van der Waals surface area contributed by atoms with Crippen LogP contribution in [0.3, 0.4) is 0 Å². The van der Waals surface area contributed by atoms with Gasteiger partial charge in [0, 0.05) is 6.54 Å². The summed E-state index contributed by atoms with van der Waals surface area (Å²) >= 11 is 0. The number of hydrogen-bond donors (Lipinski definition) is 2. The monoisotopic (exact) mass is 233 g/mol. The summed E-state index contributed by atoms with van der Waals surface area (Å²) in [4.78, 5) is 10.2. The Hall–Kier alpha value is -0.880. The number of carbonyl (C=O) groups is 1. The van der Waals surface area contributed by atoms with Gasteiger partial charge in [-0.05, 0) is 25.2 Å². The molecule has 15 heavy (non-hydrogen) atoms. The number of carboxylic acids is 1. The van der Waals surface area contributed by atoms with Crippen LogP contribution >= 0.6 is 0 Å². The van der Waals surface area contributed by atoms with Gasteiger partial charge in [-0.3, -0.25) is 4.79 Å². The third kappa shape index (κ3) is 4.94. The van der Waals surface area contributed by atoms with Crippen LogP contribution in [0.4, 0.5) is 0 Å². The average molecular weight is 233 g/mol. The van der Waals surface area contributed by atoms with Crippen LogP contribution in [0.15, 0.2) is 12.2 Å². The SMILES string of the molecule is O=C(O)CS(=O)(=O)NCC1CC=CCC1. The van der Waals surface area contributed by atoms with Crippen LogP contribution in [-0.4, -0.2) is 31.8 Å². The molecule has 6 heteroatoms. The van der Waals surface area contributed by atoms with E-state index in [1.807, 2.05) is 6.08 Å². The Labute approximate surface area is 89.2 Å². The lowest BCUT2D eigenvalue weighted by molar-refractivity contribution is -0.134. The Morgan fingerprint density at radius 3 is 2.73 bits per heavy atom. The molecule has 1 aliphatic rings. The molecule has 0 heterocycles. The molecule has 1 unspecified atom stereocenters. The van der Waals surface area contributed by atoms with Gasteiger partial charge in [-0.1, -0.05) is 12.2 Å². The Bertz CT molecular complexity index is 347. The molecule has 1 aliphatic carbocycles. The van der Waals surface area contributed by atoms with Gasteiger partial charge in [0.2, 0.25) is 10.0 Å². The second-order valence-corrected chi connectivity index (χ2v) is 5.46. The molecule has 5 nitrogen and oxygen atoms in total. The quantitative estimate of drug-likeness (QED) is 0.671. The van der Waals surface area contributed by atoms with Gasteiger partial charge in [-0.25, -0.2) is 13.1 Å². The summed E-state index contributed by atoms with van der Waals surface area (Å²) < 4.78 is 24.7. The summed E-state index contributed by atoms with van der Waals surface area (Å²) in [6.07, 6.45) is 6.87. The first-order chi connectivity index (χ1) is 6.99. The highest BCUT2D eigenvalue weighted by molar-refractivity contribution is 7.90.